The molecule has 0 aromatic carbocycles. The van der Waals surface area contributed by atoms with E-state index in [1.807, 2.05) is 32.3 Å². The van der Waals surface area contributed by atoms with E-state index in [1.165, 1.54) is 4.31 Å². The van der Waals surface area contributed by atoms with E-state index in [1.54, 1.807) is 6.20 Å². The summed E-state index contributed by atoms with van der Waals surface area (Å²) in [5.74, 6) is 0.702. The lowest BCUT2D eigenvalue weighted by Gasteiger charge is -2.24. The molecule has 2 N–H and O–H groups in total. The third-order valence-electron chi connectivity index (χ3n) is 3.15. The van der Waals surface area contributed by atoms with Crippen LogP contribution in [0.2, 0.25) is 0 Å². The van der Waals surface area contributed by atoms with Gasteiger partial charge in [-0.2, -0.15) is 4.31 Å². The SMILES string of the molecule is CCCn1cc(S(=O)(=O)N(CCC(N)=S)C(C)C)nc1C. The molecule has 6 nitrogen and oxygen atoms in total. The Hall–Kier alpha value is -0.990. The number of rotatable bonds is 8. The molecule has 0 spiro atoms. The van der Waals surface area contributed by atoms with Crippen molar-refractivity contribution in [1.82, 2.24) is 13.9 Å². The van der Waals surface area contributed by atoms with Crippen molar-refractivity contribution in [2.75, 3.05) is 6.54 Å². The molecule has 0 aliphatic rings. The van der Waals surface area contributed by atoms with Crippen LogP contribution in [0, 0.1) is 6.92 Å². The molecule has 0 amide bonds. The van der Waals surface area contributed by atoms with Gasteiger partial charge in [0, 0.05) is 31.7 Å². The Morgan fingerprint density at radius 2 is 2.14 bits per heavy atom. The van der Waals surface area contributed by atoms with E-state index in [0.29, 0.717) is 17.2 Å². The van der Waals surface area contributed by atoms with Gasteiger partial charge in [0.2, 0.25) is 0 Å². The second kappa shape index (κ2) is 7.33. The van der Waals surface area contributed by atoms with E-state index < -0.39 is 10.0 Å². The van der Waals surface area contributed by atoms with Gasteiger partial charge in [0.05, 0.1) is 4.99 Å². The summed E-state index contributed by atoms with van der Waals surface area (Å²) in [7, 11) is -3.63. The first-order valence-electron chi connectivity index (χ1n) is 7.04. The summed E-state index contributed by atoms with van der Waals surface area (Å²) in [6, 6.07) is -0.180. The summed E-state index contributed by atoms with van der Waals surface area (Å²) in [6.45, 7) is 8.53. The first-order valence-corrected chi connectivity index (χ1v) is 8.88. The van der Waals surface area contributed by atoms with Crippen molar-refractivity contribution >= 4 is 27.2 Å². The maximum absolute atomic E-state index is 12.7. The van der Waals surface area contributed by atoms with Gasteiger partial charge in [0.1, 0.15) is 5.82 Å². The largest absolute Gasteiger partial charge is 0.393 e. The summed E-state index contributed by atoms with van der Waals surface area (Å²) < 4.78 is 28.7. The molecule has 0 aliphatic carbocycles. The molecule has 21 heavy (non-hydrogen) atoms. The molecule has 120 valence electrons. The fourth-order valence-corrected chi connectivity index (χ4v) is 3.79. The lowest BCUT2D eigenvalue weighted by atomic mass is 10.3. The highest BCUT2D eigenvalue weighted by molar-refractivity contribution is 7.89. The van der Waals surface area contributed by atoms with Crippen LogP contribution in [-0.2, 0) is 16.6 Å². The molecule has 8 heteroatoms. The van der Waals surface area contributed by atoms with Crippen molar-refractivity contribution in [3.8, 4) is 0 Å². The quantitative estimate of drug-likeness (QED) is 0.733. The molecule has 0 bridgehead atoms. The number of aromatic nitrogens is 2. The second-order valence-corrected chi connectivity index (χ2v) is 7.61. The lowest BCUT2D eigenvalue weighted by Crippen LogP contribution is -2.39. The Bertz CT molecular complexity index is 593. The molecule has 0 saturated carbocycles. The zero-order chi connectivity index (χ0) is 16.2. The van der Waals surface area contributed by atoms with Gasteiger partial charge in [-0.15, -0.1) is 0 Å². The number of hydrogen-bond acceptors (Lipinski definition) is 4. The minimum atomic E-state index is -3.63. The van der Waals surface area contributed by atoms with Crippen LogP contribution in [0.5, 0.6) is 0 Å². The van der Waals surface area contributed by atoms with Crippen molar-refractivity contribution in [1.29, 1.82) is 0 Å². The van der Waals surface area contributed by atoms with Gasteiger partial charge < -0.3 is 10.3 Å². The van der Waals surface area contributed by atoms with Crippen LogP contribution >= 0.6 is 12.2 Å². The van der Waals surface area contributed by atoms with Gasteiger partial charge in [-0.05, 0) is 27.2 Å². The molecule has 0 atom stereocenters. The Balaban J connectivity index is 3.10. The summed E-state index contributed by atoms with van der Waals surface area (Å²) in [5, 5.41) is 0.0880. The fourth-order valence-electron chi connectivity index (χ4n) is 2.07. The van der Waals surface area contributed by atoms with Crippen LogP contribution in [0.25, 0.3) is 0 Å². The third-order valence-corrected chi connectivity index (χ3v) is 5.30. The van der Waals surface area contributed by atoms with Gasteiger partial charge >= 0.3 is 0 Å². The topological polar surface area (TPSA) is 81.2 Å². The third kappa shape index (κ3) is 4.49. The lowest BCUT2D eigenvalue weighted by molar-refractivity contribution is 0.361. The predicted octanol–water partition coefficient (Wildman–Crippen LogP) is 1.68. The normalized spacial score (nSPS) is 12.3. The number of imidazole rings is 1. The number of aryl methyl sites for hydroxylation is 2. The number of nitrogens with two attached hydrogens (primary N) is 1. The molecule has 0 aliphatic heterocycles. The van der Waals surface area contributed by atoms with Crippen LogP contribution in [0.1, 0.15) is 39.4 Å². The van der Waals surface area contributed by atoms with Gasteiger partial charge in [-0.25, -0.2) is 13.4 Å². The van der Waals surface area contributed by atoms with Crippen molar-refractivity contribution in [2.45, 2.75) is 58.1 Å². The average Bonchev–Trinajstić information content (AvgIpc) is 2.71. The Kier molecular flexibility index (Phi) is 6.30. The minimum absolute atomic E-state index is 0.0880. The molecular weight excluding hydrogens is 308 g/mol. The summed E-state index contributed by atoms with van der Waals surface area (Å²) in [4.78, 5) is 4.51. The molecule has 0 fully saturated rings. The van der Waals surface area contributed by atoms with Gasteiger partial charge in [-0.3, -0.25) is 0 Å². The molecule has 0 unspecified atom stereocenters. The fraction of sp³-hybridized carbons (Fsp3) is 0.692. The molecule has 1 aromatic rings. The van der Waals surface area contributed by atoms with E-state index in [2.05, 4.69) is 4.98 Å². The molecule has 1 aromatic heterocycles. The molecule has 1 heterocycles. The first kappa shape index (κ1) is 18.1. The zero-order valence-electron chi connectivity index (χ0n) is 13.0. The van der Waals surface area contributed by atoms with Gasteiger partial charge in [0.15, 0.2) is 5.03 Å². The zero-order valence-corrected chi connectivity index (χ0v) is 14.7. The van der Waals surface area contributed by atoms with Crippen LogP contribution in [0.4, 0.5) is 0 Å². The molecule has 0 radical (unpaired) electrons. The van der Waals surface area contributed by atoms with E-state index in [9.17, 15) is 8.42 Å². The molecule has 0 saturated heterocycles. The first-order chi connectivity index (χ1) is 9.70. The van der Waals surface area contributed by atoms with Crippen molar-refractivity contribution in [2.24, 2.45) is 5.73 Å². The second-order valence-electron chi connectivity index (χ2n) is 5.25. The van der Waals surface area contributed by atoms with Crippen molar-refractivity contribution in [3.63, 3.8) is 0 Å². The van der Waals surface area contributed by atoms with E-state index in [0.717, 1.165) is 13.0 Å². The average molecular weight is 332 g/mol. The number of sulfonamides is 1. The van der Waals surface area contributed by atoms with Crippen molar-refractivity contribution in [3.05, 3.63) is 12.0 Å². The maximum Gasteiger partial charge on any atom is 0.262 e. The summed E-state index contributed by atoms with van der Waals surface area (Å²) in [6.07, 6.45) is 2.89. The van der Waals surface area contributed by atoms with Gasteiger partial charge in [-0.1, -0.05) is 19.1 Å². The smallest absolute Gasteiger partial charge is 0.262 e. The summed E-state index contributed by atoms with van der Waals surface area (Å²) in [5.41, 5.74) is 5.48. The Labute approximate surface area is 132 Å². The standard InChI is InChI=1S/C13H24N4O2S2/c1-5-7-16-9-13(15-11(16)4)21(18,19)17(10(2)3)8-6-12(14)20/h9-10H,5-8H2,1-4H3,(H2,14,20). The van der Waals surface area contributed by atoms with Crippen LogP contribution < -0.4 is 5.73 Å². The molecule has 1 rings (SSSR count). The molecular formula is C13H24N4O2S2. The number of nitrogens with zero attached hydrogens (tertiary/aromatic N) is 3. The Morgan fingerprint density at radius 1 is 1.52 bits per heavy atom. The maximum atomic E-state index is 12.7. The minimum Gasteiger partial charge on any atom is -0.393 e. The van der Waals surface area contributed by atoms with Crippen LogP contribution in [0.15, 0.2) is 11.2 Å². The monoisotopic (exact) mass is 332 g/mol. The highest BCUT2D eigenvalue weighted by Gasteiger charge is 2.29. The summed E-state index contributed by atoms with van der Waals surface area (Å²) >= 11 is 4.84. The predicted molar refractivity (Wildman–Crippen MR) is 87.7 cm³/mol. The Morgan fingerprint density at radius 3 is 2.62 bits per heavy atom. The number of thiocarbonyl (C=S) groups is 1. The van der Waals surface area contributed by atoms with Crippen LogP contribution in [0.3, 0.4) is 0 Å². The van der Waals surface area contributed by atoms with Gasteiger partial charge in [0.25, 0.3) is 10.0 Å². The van der Waals surface area contributed by atoms with E-state index in [4.69, 9.17) is 18.0 Å². The van der Waals surface area contributed by atoms with Crippen molar-refractivity contribution < 1.29 is 8.42 Å². The highest BCUT2D eigenvalue weighted by Crippen LogP contribution is 2.18. The highest BCUT2D eigenvalue weighted by atomic mass is 32.2. The van der Waals surface area contributed by atoms with Crippen LogP contribution in [-0.4, -0.2) is 39.8 Å². The van der Waals surface area contributed by atoms with E-state index in [-0.39, 0.29) is 17.6 Å². The number of hydrogen-bond donors (Lipinski definition) is 1. The van der Waals surface area contributed by atoms with E-state index >= 15 is 0 Å².